The van der Waals surface area contributed by atoms with Gasteiger partial charge in [0.2, 0.25) is 0 Å². The summed E-state index contributed by atoms with van der Waals surface area (Å²) in [7, 11) is 0. The highest BCUT2D eigenvalue weighted by molar-refractivity contribution is 9.10. The highest BCUT2D eigenvalue weighted by Crippen LogP contribution is 2.32. The van der Waals surface area contributed by atoms with E-state index in [-0.39, 0.29) is 0 Å². The van der Waals surface area contributed by atoms with Crippen LogP contribution in [0.4, 0.5) is 5.69 Å². The van der Waals surface area contributed by atoms with Crippen LogP contribution in [-0.2, 0) is 5.33 Å². The smallest absolute Gasteiger partial charge is 0.0513 e. The minimum Gasteiger partial charge on any atom is -0.368 e. The van der Waals surface area contributed by atoms with Gasteiger partial charge >= 0.3 is 0 Å². The standard InChI is InChI=1S/C13H17Br2N/c1-10-4-2-3-7-16(10)13-6-5-11(9-14)8-12(13)15/h5-6,8,10H,2-4,7,9H2,1H3. The lowest BCUT2D eigenvalue weighted by Gasteiger charge is -2.36. The molecular formula is C13H17Br2N. The van der Waals surface area contributed by atoms with Crippen LogP contribution in [0.2, 0.25) is 0 Å². The molecule has 0 N–H and O–H groups in total. The zero-order valence-corrected chi connectivity index (χ0v) is 12.7. The summed E-state index contributed by atoms with van der Waals surface area (Å²) in [4.78, 5) is 2.52. The van der Waals surface area contributed by atoms with Crippen LogP contribution in [0.25, 0.3) is 0 Å². The van der Waals surface area contributed by atoms with Crippen LogP contribution in [0.5, 0.6) is 0 Å². The third-order valence-electron chi connectivity index (χ3n) is 3.28. The Balaban J connectivity index is 2.25. The fraction of sp³-hybridized carbons (Fsp3) is 0.538. The Kier molecular flexibility index (Phi) is 4.31. The lowest BCUT2D eigenvalue weighted by molar-refractivity contribution is 0.484. The average molecular weight is 347 g/mol. The predicted molar refractivity (Wildman–Crippen MR) is 77.4 cm³/mol. The maximum atomic E-state index is 3.69. The van der Waals surface area contributed by atoms with E-state index in [0.29, 0.717) is 6.04 Å². The number of halogens is 2. The van der Waals surface area contributed by atoms with E-state index in [1.807, 2.05) is 0 Å². The Morgan fingerprint density at radius 2 is 2.19 bits per heavy atom. The van der Waals surface area contributed by atoms with Gasteiger partial charge in [-0.3, -0.25) is 0 Å². The topological polar surface area (TPSA) is 3.24 Å². The normalized spacial score (nSPS) is 21.2. The monoisotopic (exact) mass is 345 g/mol. The van der Waals surface area contributed by atoms with Gasteiger partial charge in [-0.05, 0) is 59.8 Å². The summed E-state index contributed by atoms with van der Waals surface area (Å²) >= 11 is 7.18. The van der Waals surface area contributed by atoms with Crippen molar-refractivity contribution in [3.05, 3.63) is 28.2 Å². The van der Waals surface area contributed by atoms with E-state index in [0.717, 1.165) is 5.33 Å². The van der Waals surface area contributed by atoms with Crippen LogP contribution < -0.4 is 4.90 Å². The van der Waals surface area contributed by atoms with Crippen molar-refractivity contribution in [2.75, 3.05) is 11.4 Å². The van der Waals surface area contributed by atoms with Gasteiger partial charge in [0.1, 0.15) is 0 Å². The largest absolute Gasteiger partial charge is 0.368 e. The molecule has 3 heteroatoms. The maximum absolute atomic E-state index is 3.69. The van der Waals surface area contributed by atoms with E-state index in [9.17, 15) is 0 Å². The first-order valence-corrected chi connectivity index (χ1v) is 7.75. The quantitative estimate of drug-likeness (QED) is 0.700. The predicted octanol–water partition coefficient (Wildman–Crippen LogP) is 4.72. The first-order valence-electron chi connectivity index (χ1n) is 5.83. The fourth-order valence-electron chi connectivity index (χ4n) is 2.32. The number of nitrogens with zero attached hydrogens (tertiary/aromatic N) is 1. The highest BCUT2D eigenvalue weighted by Gasteiger charge is 2.20. The van der Waals surface area contributed by atoms with E-state index < -0.39 is 0 Å². The number of piperidine rings is 1. The number of rotatable bonds is 2. The molecule has 1 saturated heterocycles. The number of benzene rings is 1. The zero-order valence-electron chi connectivity index (χ0n) is 9.55. The van der Waals surface area contributed by atoms with Gasteiger partial charge in [-0.1, -0.05) is 22.0 Å². The Labute approximate surface area is 114 Å². The molecule has 16 heavy (non-hydrogen) atoms. The van der Waals surface area contributed by atoms with Crippen molar-refractivity contribution in [2.45, 2.75) is 37.6 Å². The maximum Gasteiger partial charge on any atom is 0.0513 e. The molecule has 1 aliphatic heterocycles. The molecule has 1 fully saturated rings. The average Bonchev–Trinajstić information content (AvgIpc) is 2.30. The van der Waals surface area contributed by atoms with Crippen LogP contribution in [0.15, 0.2) is 22.7 Å². The molecule has 1 aromatic carbocycles. The van der Waals surface area contributed by atoms with Gasteiger partial charge in [0, 0.05) is 22.4 Å². The molecule has 0 aliphatic carbocycles. The van der Waals surface area contributed by atoms with Crippen LogP contribution >= 0.6 is 31.9 Å². The number of hydrogen-bond acceptors (Lipinski definition) is 1. The lowest BCUT2D eigenvalue weighted by atomic mass is 10.0. The minimum atomic E-state index is 0.667. The van der Waals surface area contributed by atoms with Crippen LogP contribution in [0.1, 0.15) is 31.7 Å². The van der Waals surface area contributed by atoms with Crippen molar-refractivity contribution in [1.29, 1.82) is 0 Å². The van der Waals surface area contributed by atoms with Gasteiger partial charge in [-0.2, -0.15) is 0 Å². The second-order valence-electron chi connectivity index (χ2n) is 4.46. The van der Waals surface area contributed by atoms with Gasteiger partial charge in [0.25, 0.3) is 0 Å². The summed E-state index contributed by atoms with van der Waals surface area (Å²) < 4.78 is 1.22. The van der Waals surface area contributed by atoms with Gasteiger partial charge in [0.15, 0.2) is 0 Å². The summed E-state index contributed by atoms with van der Waals surface area (Å²) in [5.41, 5.74) is 2.66. The molecule has 0 amide bonds. The summed E-state index contributed by atoms with van der Waals surface area (Å²) in [6.45, 7) is 3.51. The van der Waals surface area contributed by atoms with Gasteiger partial charge in [-0.15, -0.1) is 0 Å². The van der Waals surface area contributed by atoms with Crippen molar-refractivity contribution in [3.8, 4) is 0 Å². The van der Waals surface area contributed by atoms with Crippen LogP contribution in [-0.4, -0.2) is 12.6 Å². The number of alkyl halides is 1. The first-order chi connectivity index (χ1) is 7.72. The Hall–Kier alpha value is -0.0200. The van der Waals surface area contributed by atoms with Crippen molar-refractivity contribution in [1.82, 2.24) is 0 Å². The third-order valence-corrected chi connectivity index (χ3v) is 4.56. The Morgan fingerprint density at radius 3 is 2.81 bits per heavy atom. The SMILES string of the molecule is CC1CCCCN1c1ccc(CBr)cc1Br. The number of hydrogen-bond donors (Lipinski definition) is 0. The second kappa shape index (κ2) is 5.54. The highest BCUT2D eigenvalue weighted by atomic mass is 79.9. The molecule has 0 spiro atoms. The zero-order chi connectivity index (χ0) is 11.5. The van der Waals surface area contributed by atoms with Gasteiger partial charge < -0.3 is 4.90 Å². The van der Waals surface area contributed by atoms with Gasteiger partial charge in [-0.25, -0.2) is 0 Å². The summed E-state index contributed by atoms with van der Waals surface area (Å²) in [6, 6.07) is 7.32. The first kappa shape index (κ1) is 12.4. The third kappa shape index (κ3) is 2.62. The van der Waals surface area contributed by atoms with Crippen molar-refractivity contribution < 1.29 is 0 Å². The van der Waals surface area contributed by atoms with E-state index in [1.165, 1.54) is 41.5 Å². The molecular weight excluding hydrogens is 330 g/mol. The second-order valence-corrected chi connectivity index (χ2v) is 5.87. The molecule has 1 heterocycles. The summed E-state index contributed by atoms with van der Waals surface area (Å²) in [5.74, 6) is 0. The molecule has 1 aliphatic rings. The molecule has 1 atom stereocenters. The van der Waals surface area contributed by atoms with Gasteiger partial charge in [0.05, 0.1) is 5.69 Å². The molecule has 1 aromatic rings. The van der Waals surface area contributed by atoms with Crippen molar-refractivity contribution in [2.24, 2.45) is 0 Å². The van der Waals surface area contributed by atoms with E-state index in [4.69, 9.17) is 0 Å². The molecule has 88 valence electrons. The van der Waals surface area contributed by atoms with E-state index >= 15 is 0 Å². The molecule has 1 nitrogen and oxygen atoms in total. The molecule has 1 unspecified atom stereocenters. The lowest BCUT2D eigenvalue weighted by Crippen LogP contribution is -2.37. The van der Waals surface area contributed by atoms with Crippen molar-refractivity contribution >= 4 is 37.5 Å². The molecule has 2 rings (SSSR count). The molecule has 0 bridgehead atoms. The van der Waals surface area contributed by atoms with Crippen LogP contribution in [0.3, 0.4) is 0 Å². The molecule has 0 radical (unpaired) electrons. The number of anilines is 1. The fourth-order valence-corrected chi connectivity index (χ4v) is 3.33. The van der Waals surface area contributed by atoms with Crippen molar-refractivity contribution in [3.63, 3.8) is 0 Å². The van der Waals surface area contributed by atoms with E-state index in [1.54, 1.807) is 0 Å². The summed E-state index contributed by atoms with van der Waals surface area (Å²) in [6.07, 6.45) is 4.00. The Bertz CT molecular complexity index is 365. The molecule has 0 saturated carbocycles. The summed E-state index contributed by atoms with van der Waals surface area (Å²) in [5, 5.41) is 0.918. The minimum absolute atomic E-state index is 0.667. The van der Waals surface area contributed by atoms with E-state index in [2.05, 4.69) is 61.9 Å². The molecule has 0 aromatic heterocycles. The van der Waals surface area contributed by atoms with Crippen LogP contribution in [0, 0.1) is 0 Å². The Morgan fingerprint density at radius 1 is 1.38 bits per heavy atom.